The van der Waals surface area contributed by atoms with Crippen LogP contribution < -0.4 is 9.88 Å². The third-order valence-corrected chi connectivity index (χ3v) is 4.92. The van der Waals surface area contributed by atoms with Gasteiger partial charge in [-0.05, 0) is 23.0 Å². The first-order valence-corrected chi connectivity index (χ1v) is 10.1. The summed E-state index contributed by atoms with van der Waals surface area (Å²) in [5.41, 5.74) is 1.90. The third kappa shape index (κ3) is 5.66. The SMILES string of the molecule is CC(C)(C)c1cc(C(=O)C[n+]2ccc(C(=O)NCCO)cc2)cc(C(C)(C)C)c1O. The van der Waals surface area contributed by atoms with E-state index in [0.717, 1.165) is 11.1 Å². The molecule has 1 amide bonds. The van der Waals surface area contributed by atoms with Crippen LogP contribution in [0.2, 0.25) is 0 Å². The molecule has 0 aliphatic heterocycles. The molecule has 6 nitrogen and oxygen atoms in total. The van der Waals surface area contributed by atoms with E-state index in [0.29, 0.717) is 11.1 Å². The Balaban J connectivity index is 2.32. The number of aromatic nitrogens is 1. The van der Waals surface area contributed by atoms with Crippen LogP contribution in [0.25, 0.3) is 0 Å². The Hall–Kier alpha value is -2.73. The number of Topliss-reactive ketones (excluding diaryl/α,β-unsaturated/α-hetero) is 1. The number of hydrogen-bond donors (Lipinski definition) is 3. The third-order valence-electron chi connectivity index (χ3n) is 4.92. The molecule has 2 rings (SSSR count). The number of pyridine rings is 1. The second-order valence-corrected chi connectivity index (χ2v) is 9.58. The largest absolute Gasteiger partial charge is 0.507 e. The molecule has 1 aromatic heterocycles. The lowest BCUT2D eigenvalue weighted by Crippen LogP contribution is -2.38. The average molecular weight is 414 g/mol. The van der Waals surface area contributed by atoms with Gasteiger partial charge in [0.1, 0.15) is 5.75 Å². The first kappa shape index (κ1) is 23.5. The maximum Gasteiger partial charge on any atom is 0.251 e. The highest BCUT2D eigenvalue weighted by atomic mass is 16.3. The van der Waals surface area contributed by atoms with E-state index in [1.54, 1.807) is 41.2 Å². The fourth-order valence-electron chi connectivity index (χ4n) is 3.18. The molecular formula is C24H33N2O4+. The van der Waals surface area contributed by atoms with Crippen molar-refractivity contribution in [2.24, 2.45) is 0 Å². The fourth-order valence-corrected chi connectivity index (χ4v) is 3.18. The minimum atomic E-state index is -0.308. The zero-order valence-corrected chi connectivity index (χ0v) is 18.7. The van der Waals surface area contributed by atoms with E-state index in [1.165, 1.54) is 0 Å². The van der Waals surface area contributed by atoms with Crippen LogP contribution in [0, 0.1) is 0 Å². The molecule has 0 unspecified atom stereocenters. The van der Waals surface area contributed by atoms with Crippen LogP contribution in [0.5, 0.6) is 5.75 Å². The van der Waals surface area contributed by atoms with Gasteiger partial charge in [0.05, 0.1) is 12.2 Å². The average Bonchev–Trinajstić information content (AvgIpc) is 2.64. The molecule has 2 aromatic rings. The first-order valence-electron chi connectivity index (χ1n) is 10.1. The number of carbonyl (C=O) groups excluding carboxylic acids is 2. The topological polar surface area (TPSA) is 90.5 Å². The lowest BCUT2D eigenvalue weighted by Gasteiger charge is -2.27. The minimum absolute atomic E-state index is 0.0755. The fraction of sp³-hybridized carbons (Fsp3) is 0.458. The van der Waals surface area contributed by atoms with Gasteiger partial charge in [-0.2, -0.15) is 4.57 Å². The molecule has 0 saturated heterocycles. The number of nitrogens with one attached hydrogen (secondary N) is 1. The van der Waals surface area contributed by atoms with Crippen LogP contribution in [0.3, 0.4) is 0 Å². The number of amides is 1. The highest BCUT2D eigenvalue weighted by molar-refractivity contribution is 5.96. The summed E-state index contributed by atoms with van der Waals surface area (Å²) in [5, 5.41) is 22.2. The lowest BCUT2D eigenvalue weighted by atomic mass is 9.78. The molecule has 162 valence electrons. The Kier molecular flexibility index (Phi) is 7.03. The van der Waals surface area contributed by atoms with Crippen LogP contribution in [0.15, 0.2) is 36.7 Å². The second-order valence-electron chi connectivity index (χ2n) is 9.58. The number of phenolic OH excluding ortho intramolecular Hbond substituents is 1. The number of nitrogens with zero attached hydrogens (tertiary/aromatic N) is 1. The smallest absolute Gasteiger partial charge is 0.251 e. The van der Waals surface area contributed by atoms with E-state index in [2.05, 4.69) is 5.32 Å². The summed E-state index contributed by atoms with van der Waals surface area (Å²) in [5.74, 6) is -0.100. The Labute approximate surface area is 178 Å². The summed E-state index contributed by atoms with van der Waals surface area (Å²) in [6.07, 6.45) is 3.36. The number of carbonyl (C=O) groups is 2. The number of phenols is 1. The second kappa shape index (κ2) is 8.96. The summed E-state index contributed by atoms with van der Waals surface area (Å²) < 4.78 is 1.71. The van der Waals surface area contributed by atoms with Gasteiger partial charge in [-0.1, -0.05) is 41.5 Å². The van der Waals surface area contributed by atoms with Crippen molar-refractivity contribution in [1.29, 1.82) is 0 Å². The van der Waals surface area contributed by atoms with Crippen LogP contribution in [-0.2, 0) is 17.4 Å². The Morgan fingerprint density at radius 2 is 1.43 bits per heavy atom. The molecule has 0 saturated carbocycles. The van der Waals surface area contributed by atoms with E-state index in [-0.39, 0.29) is 48.0 Å². The molecule has 30 heavy (non-hydrogen) atoms. The van der Waals surface area contributed by atoms with Gasteiger partial charge in [0.25, 0.3) is 5.91 Å². The van der Waals surface area contributed by atoms with Crippen molar-refractivity contribution in [1.82, 2.24) is 5.32 Å². The van der Waals surface area contributed by atoms with Crippen molar-refractivity contribution in [2.45, 2.75) is 58.9 Å². The highest BCUT2D eigenvalue weighted by Crippen LogP contribution is 2.39. The summed E-state index contributed by atoms with van der Waals surface area (Å²) in [4.78, 5) is 25.0. The quantitative estimate of drug-likeness (QED) is 0.502. The van der Waals surface area contributed by atoms with Crippen molar-refractivity contribution >= 4 is 11.7 Å². The van der Waals surface area contributed by atoms with Gasteiger partial charge < -0.3 is 15.5 Å². The van der Waals surface area contributed by atoms with Gasteiger partial charge in [0.15, 0.2) is 12.4 Å². The molecule has 0 spiro atoms. The van der Waals surface area contributed by atoms with Crippen LogP contribution in [0.1, 0.15) is 73.4 Å². The van der Waals surface area contributed by atoms with Gasteiger partial charge in [0.2, 0.25) is 12.3 Å². The molecule has 0 aliphatic rings. The monoisotopic (exact) mass is 413 g/mol. The number of hydrogen-bond acceptors (Lipinski definition) is 4. The summed E-state index contributed by atoms with van der Waals surface area (Å²) >= 11 is 0. The normalized spacial score (nSPS) is 12.0. The maximum absolute atomic E-state index is 13.0. The number of rotatable bonds is 6. The van der Waals surface area contributed by atoms with Gasteiger partial charge in [0, 0.05) is 35.4 Å². The minimum Gasteiger partial charge on any atom is -0.507 e. The number of aliphatic hydroxyl groups is 1. The molecule has 1 heterocycles. The van der Waals surface area contributed by atoms with Crippen LogP contribution in [-0.4, -0.2) is 35.1 Å². The highest BCUT2D eigenvalue weighted by Gasteiger charge is 2.28. The van der Waals surface area contributed by atoms with E-state index in [4.69, 9.17) is 5.11 Å². The van der Waals surface area contributed by atoms with Crippen molar-refractivity contribution < 1.29 is 24.4 Å². The number of benzene rings is 1. The molecule has 0 aliphatic carbocycles. The maximum atomic E-state index is 13.0. The van der Waals surface area contributed by atoms with Gasteiger partial charge in [-0.25, -0.2) is 0 Å². The molecule has 0 fully saturated rings. The van der Waals surface area contributed by atoms with Gasteiger partial charge in [-0.3, -0.25) is 9.59 Å². The Morgan fingerprint density at radius 3 is 1.87 bits per heavy atom. The first-order chi connectivity index (χ1) is 13.8. The van der Waals surface area contributed by atoms with E-state index >= 15 is 0 Å². The molecule has 1 aromatic carbocycles. The van der Waals surface area contributed by atoms with E-state index in [1.807, 2.05) is 41.5 Å². The van der Waals surface area contributed by atoms with Gasteiger partial charge in [-0.15, -0.1) is 0 Å². The Morgan fingerprint density at radius 1 is 0.933 bits per heavy atom. The molecule has 0 atom stereocenters. The van der Waals surface area contributed by atoms with E-state index in [9.17, 15) is 14.7 Å². The van der Waals surface area contributed by atoms with Crippen molar-refractivity contribution in [2.75, 3.05) is 13.2 Å². The summed E-state index contributed by atoms with van der Waals surface area (Å²) in [6.45, 7) is 12.3. The summed E-state index contributed by atoms with van der Waals surface area (Å²) in [6, 6.07) is 6.84. The predicted molar refractivity (Wildman–Crippen MR) is 116 cm³/mol. The zero-order valence-electron chi connectivity index (χ0n) is 18.7. The standard InChI is InChI=1S/C24H32N2O4/c1-23(2,3)18-13-17(14-19(21(18)29)24(4,5)6)20(28)15-26-10-7-16(8-11-26)22(30)25-9-12-27/h7-8,10-11,13-14,27H,9,12,15H2,1-6H3,(H-,25,28,29,30)/p+1. The number of aliphatic hydroxyl groups excluding tert-OH is 1. The molecule has 3 N–H and O–H groups in total. The number of aromatic hydroxyl groups is 1. The molecule has 0 bridgehead atoms. The van der Waals surface area contributed by atoms with Crippen molar-refractivity contribution in [3.63, 3.8) is 0 Å². The molecule has 6 heteroatoms. The van der Waals surface area contributed by atoms with Crippen molar-refractivity contribution in [3.05, 3.63) is 58.9 Å². The van der Waals surface area contributed by atoms with Gasteiger partial charge >= 0.3 is 0 Å². The Bertz CT molecular complexity index is 885. The zero-order chi connectivity index (χ0) is 22.7. The van der Waals surface area contributed by atoms with Crippen LogP contribution >= 0.6 is 0 Å². The van der Waals surface area contributed by atoms with E-state index < -0.39 is 0 Å². The summed E-state index contributed by atoms with van der Waals surface area (Å²) in [7, 11) is 0. The predicted octanol–water partition coefficient (Wildman–Crippen LogP) is 2.88. The molecule has 0 radical (unpaired) electrons. The lowest BCUT2D eigenvalue weighted by molar-refractivity contribution is -0.683. The molecular weight excluding hydrogens is 380 g/mol. The van der Waals surface area contributed by atoms with Crippen molar-refractivity contribution in [3.8, 4) is 5.75 Å². The van der Waals surface area contributed by atoms with Crippen LogP contribution in [0.4, 0.5) is 0 Å². The number of ketones is 1.